The third kappa shape index (κ3) is 3.91. The predicted molar refractivity (Wildman–Crippen MR) is 79.2 cm³/mol. The zero-order valence-electron chi connectivity index (χ0n) is 12.0. The van der Waals surface area contributed by atoms with Gasteiger partial charge in [-0.2, -0.15) is 0 Å². The normalized spacial score (nSPS) is 9.79. The molecule has 0 spiro atoms. The Bertz CT molecular complexity index is 560. The second-order valence-electron chi connectivity index (χ2n) is 4.10. The summed E-state index contributed by atoms with van der Waals surface area (Å²) in [7, 11) is 0. The van der Waals surface area contributed by atoms with Gasteiger partial charge in [-0.05, 0) is 13.8 Å². The number of ether oxygens (including phenoxy) is 1. The fourth-order valence-corrected chi connectivity index (χ4v) is 2.11. The van der Waals surface area contributed by atoms with Crippen molar-refractivity contribution in [2.75, 3.05) is 13.2 Å². The number of rotatable bonds is 2. The molecule has 0 aliphatic rings. The Hall–Kier alpha value is -1.13. The van der Waals surface area contributed by atoms with Gasteiger partial charge in [-0.15, -0.1) is 39.7 Å². The SMILES string of the molecule is CCOCC.[Li+].c1ccc2c(c1)[cH-]c1ccccc12. The topological polar surface area (TPSA) is 9.23 Å². The summed E-state index contributed by atoms with van der Waals surface area (Å²) in [5.74, 6) is 0. The van der Waals surface area contributed by atoms with E-state index in [4.69, 9.17) is 4.74 Å². The molecule has 0 unspecified atom stereocenters. The van der Waals surface area contributed by atoms with E-state index in [0.29, 0.717) is 0 Å². The maximum atomic E-state index is 4.83. The van der Waals surface area contributed by atoms with Crippen molar-refractivity contribution in [2.24, 2.45) is 0 Å². The van der Waals surface area contributed by atoms with Gasteiger partial charge >= 0.3 is 18.9 Å². The van der Waals surface area contributed by atoms with Crippen LogP contribution in [-0.4, -0.2) is 13.2 Å². The van der Waals surface area contributed by atoms with Crippen LogP contribution in [0.1, 0.15) is 13.8 Å². The van der Waals surface area contributed by atoms with Gasteiger partial charge in [-0.3, -0.25) is 0 Å². The standard InChI is InChI=1S/C13H9.C4H10O.Li/c1-3-7-12-10(5-1)9-11-6-2-4-8-13(11)12;1-3-5-4-2;/h1-9H;3-4H2,1-2H3;/q-1;;+1. The van der Waals surface area contributed by atoms with Crippen LogP contribution in [-0.2, 0) is 4.74 Å². The van der Waals surface area contributed by atoms with E-state index in [2.05, 4.69) is 54.6 Å². The molecule has 0 radical (unpaired) electrons. The number of benzene rings is 2. The van der Waals surface area contributed by atoms with Crippen molar-refractivity contribution in [3.8, 4) is 0 Å². The van der Waals surface area contributed by atoms with Crippen molar-refractivity contribution in [1.29, 1.82) is 0 Å². The number of fused-ring (bicyclic) bond motifs is 3. The van der Waals surface area contributed by atoms with Crippen LogP contribution in [0.3, 0.4) is 0 Å². The van der Waals surface area contributed by atoms with Crippen LogP contribution in [0.4, 0.5) is 0 Å². The van der Waals surface area contributed by atoms with Gasteiger partial charge in [-0.25, -0.2) is 0 Å². The molecule has 1 nitrogen and oxygen atoms in total. The minimum Gasteiger partial charge on any atom is -0.382 e. The Kier molecular flexibility index (Phi) is 6.81. The van der Waals surface area contributed by atoms with Gasteiger partial charge in [0.05, 0.1) is 0 Å². The van der Waals surface area contributed by atoms with Crippen LogP contribution >= 0.6 is 0 Å². The summed E-state index contributed by atoms with van der Waals surface area (Å²) in [4.78, 5) is 0. The van der Waals surface area contributed by atoms with E-state index in [-0.39, 0.29) is 18.9 Å². The second kappa shape index (κ2) is 8.12. The third-order valence-corrected chi connectivity index (χ3v) is 2.93. The molecule has 0 N–H and O–H groups in total. The van der Waals surface area contributed by atoms with Crippen LogP contribution in [0.15, 0.2) is 54.6 Å². The van der Waals surface area contributed by atoms with Gasteiger partial charge in [0, 0.05) is 13.2 Å². The summed E-state index contributed by atoms with van der Waals surface area (Å²) < 4.78 is 4.83. The Balaban J connectivity index is 0.000000265. The van der Waals surface area contributed by atoms with Gasteiger partial charge in [0.15, 0.2) is 0 Å². The maximum absolute atomic E-state index is 4.83. The van der Waals surface area contributed by atoms with E-state index < -0.39 is 0 Å². The van der Waals surface area contributed by atoms with Crippen molar-refractivity contribution >= 4 is 21.5 Å². The molecule has 0 saturated carbocycles. The quantitative estimate of drug-likeness (QED) is 0.494. The molecule has 94 valence electrons. The molecule has 3 rings (SSSR count). The molecule has 2 heteroatoms. The summed E-state index contributed by atoms with van der Waals surface area (Å²) in [6, 6.07) is 19.3. The zero-order valence-corrected chi connectivity index (χ0v) is 12.0. The first kappa shape index (κ1) is 15.9. The van der Waals surface area contributed by atoms with E-state index in [1.807, 2.05) is 13.8 Å². The molecule has 0 amide bonds. The van der Waals surface area contributed by atoms with Gasteiger partial charge in [-0.1, -0.05) is 36.4 Å². The first-order chi connectivity index (χ1) is 8.86. The Labute approximate surface area is 127 Å². The monoisotopic (exact) mass is 246 g/mol. The van der Waals surface area contributed by atoms with Gasteiger partial charge in [0.25, 0.3) is 0 Å². The number of hydrogen-bond acceptors (Lipinski definition) is 1. The summed E-state index contributed by atoms with van der Waals surface area (Å²) in [6.45, 7) is 5.67. The Morgan fingerprint density at radius 1 is 0.789 bits per heavy atom. The molecule has 0 aliphatic carbocycles. The molecule has 3 aromatic rings. The zero-order chi connectivity index (χ0) is 12.8. The molecule has 0 heterocycles. The first-order valence-corrected chi connectivity index (χ1v) is 6.47. The van der Waals surface area contributed by atoms with Crippen molar-refractivity contribution in [2.45, 2.75) is 13.8 Å². The largest absolute Gasteiger partial charge is 1.00 e. The minimum absolute atomic E-state index is 0. The van der Waals surface area contributed by atoms with E-state index in [1.165, 1.54) is 21.5 Å². The molecule has 0 aromatic heterocycles. The maximum Gasteiger partial charge on any atom is 1.00 e. The summed E-state index contributed by atoms with van der Waals surface area (Å²) >= 11 is 0. The van der Waals surface area contributed by atoms with Gasteiger partial charge < -0.3 is 4.74 Å². The average molecular weight is 246 g/mol. The number of hydrogen-bond donors (Lipinski definition) is 0. The fraction of sp³-hybridized carbons (Fsp3) is 0.235. The molecule has 19 heavy (non-hydrogen) atoms. The smallest absolute Gasteiger partial charge is 0.382 e. The fourth-order valence-electron chi connectivity index (χ4n) is 2.11. The molecule has 0 fully saturated rings. The van der Waals surface area contributed by atoms with Crippen molar-refractivity contribution < 1.29 is 23.6 Å². The molecule has 0 bridgehead atoms. The van der Waals surface area contributed by atoms with Crippen LogP contribution in [0.25, 0.3) is 21.5 Å². The van der Waals surface area contributed by atoms with Crippen LogP contribution in [0, 0.1) is 0 Å². The molecular formula is C17H19LiO. The average Bonchev–Trinajstić information content (AvgIpc) is 2.79. The predicted octanol–water partition coefficient (Wildman–Crippen LogP) is 1.76. The van der Waals surface area contributed by atoms with Crippen LogP contribution in [0.2, 0.25) is 0 Å². The Morgan fingerprint density at radius 3 is 1.58 bits per heavy atom. The minimum atomic E-state index is 0. The molecule has 0 saturated heterocycles. The van der Waals surface area contributed by atoms with Crippen LogP contribution < -0.4 is 18.9 Å². The van der Waals surface area contributed by atoms with Crippen molar-refractivity contribution in [3.05, 3.63) is 54.6 Å². The summed E-state index contributed by atoms with van der Waals surface area (Å²) in [6.07, 6.45) is 0. The van der Waals surface area contributed by atoms with Gasteiger partial charge in [0.1, 0.15) is 0 Å². The first-order valence-electron chi connectivity index (χ1n) is 6.47. The second-order valence-corrected chi connectivity index (χ2v) is 4.10. The Morgan fingerprint density at radius 2 is 1.21 bits per heavy atom. The molecule has 0 atom stereocenters. The summed E-state index contributed by atoms with van der Waals surface area (Å²) in [5.41, 5.74) is 0. The van der Waals surface area contributed by atoms with E-state index >= 15 is 0 Å². The molecule has 0 aliphatic heterocycles. The van der Waals surface area contributed by atoms with Crippen molar-refractivity contribution in [3.63, 3.8) is 0 Å². The van der Waals surface area contributed by atoms with Gasteiger partial charge in [0.2, 0.25) is 0 Å². The molecular weight excluding hydrogens is 227 g/mol. The van der Waals surface area contributed by atoms with Crippen molar-refractivity contribution in [1.82, 2.24) is 0 Å². The van der Waals surface area contributed by atoms with E-state index in [9.17, 15) is 0 Å². The third-order valence-electron chi connectivity index (χ3n) is 2.93. The van der Waals surface area contributed by atoms with E-state index in [0.717, 1.165) is 13.2 Å². The molecule has 3 aromatic carbocycles. The van der Waals surface area contributed by atoms with Crippen LogP contribution in [0.5, 0.6) is 0 Å². The van der Waals surface area contributed by atoms with E-state index in [1.54, 1.807) is 0 Å². The summed E-state index contributed by atoms with van der Waals surface area (Å²) in [5, 5.41) is 5.39.